The van der Waals surface area contributed by atoms with Crippen molar-refractivity contribution in [3.63, 3.8) is 0 Å². The molecule has 1 atom stereocenters. The van der Waals surface area contributed by atoms with E-state index >= 15 is 0 Å². The lowest BCUT2D eigenvalue weighted by Crippen LogP contribution is -2.17. The molecule has 3 heteroatoms. The highest BCUT2D eigenvalue weighted by Gasteiger charge is 2.24. The Morgan fingerprint density at radius 2 is 1.90 bits per heavy atom. The minimum Gasteiger partial charge on any atom is -0.307 e. The molecule has 1 aromatic heterocycles. The normalized spacial score (nSPS) is 16.6. The Labute approximate surface area is 125 Å². The van der Waals surface area contributed by atoms with Crippen molar-refractivity contribution in [3.8, 4) is 0 Å². The first-order valence-electron chi connectivity index (χ1n) is 7.41. The molecule has 0 radical (unpaired) electrons. The Morgan fingerprint density at radius 1 is 1.20 bits per heavy atom. The molecule has 2 nitrogen and oxygen atoms in total. The molecule has 106 valence electrons. The van der Waals surface area contributed by atoms with Crippen molar-refractivity contribution in [1.82, 2.24) is 10.3 Å². The number of thiazole rings is 1. The number of rotatable bonds is 5. The van der Waals surface area contributed by atoms with Gasteiger partial charge in [0.05, 0.1) is 11.7 Å². The maximum Gasteiger partial charge on any atom is 0.114 e. The van der Waals surface area contributed by atoms with Crippen molar-refractivity contribution in [2.24, 2.45) is 0 Å². The second kappa shape index (κ2) is 5.66. The number of hydrogen-bond acceptors (Lipinski definition) is 3. The third-order valence-electron chi connectivity index (χ3n) is 3.99. The topological polar surface area (TPSA) is 24.9 Å². The van der Waals surface area contributed by atoms with Gasteiger partial charge in [0.15, 0.2) is 0 Å². The lowest BCUT2D eigenvalue weighted by atomic mass is 10.0. The molecule has 0 saturated heterocycles. The van der Waals surface area contributed by atoms with Gasteiger partial charge in [-0.1, -0.05) is 38.1 Å². The second-order valence-electron chi connectivity index (χ2n) is 5.93. The lowest BCUT2D eigenvalue weighted by Gasteiger charge is -2.14. The predicted molar refractivity (Wildman–Crippen MR) is 85.5 cm³/mol. The average molecular weight is 286 g/mol. The maximum absolute atomic E-state index is 4.78. The summed E-state index contributed by atoms with van der Waals surface area (Å²) >= 11 is 1.75. The predicted octanol–water partition coefficient (Wildman–Crippen LogP) is 4.45. The van der Waals surface area contributed by atoms with Gasteiger partial charge in [-0.3, -0.25) is 0 Å². The van der Waals surface area contributed by atoms with Crippen LogP contribution < -0.4 is 5.32 Å². The number of benzene rings is 1. The third kappa shape index (κ3) is 2.79. The molecule has 1 heterocycles. The first-order chi connectivity index (χ1) is 9.69. The third-order valence-corrected chi connectivity index (χ3v) is 4.91. The van der Waals surface area contributed by atoms with E-state index < -0.39 is 0 Å². The molecule has 1 aromatic carbocycles. The molecule has 1 N–H and O–H groups in total. The molecule has 1 saturated carbocycles. The maximum atomic E-state index is 4.78. The van der Waals surface area contributed by atoms with Crippen LogP contribution in [-0.4, -0.2) is 12.0 Å². The van der Waals surface area contributed by atoms with Gasteiger partial charge in [-0.05, 0) is 42.9 Å². The minimum atomic E-state index is 0.209. The molecule has 20 heavy (non-hydrogen) atoms. The highest BCUT2D eigenvalue weighted by molar-refractivity contribution is 7.09. The molecule has 1 aliphatic carbocycles. The van der Waals surface area contributed by atoms with Crippen LogP contribution in [0.15, 0.2) is 29.6 Å². The molecule has 3 rings (SSSR count). The highest BCUT2D eigenvalue weighted by Crippen LogP contribution is 2.40. The minimum absolute atomic E-state index is 0.209. The van der Waals surface area contributed by atoms with E-state index in [9.17, 15) is 0 Å². The van der Waals surface area contributed by atoms with Crippen molar-refractivity contribution in [2.45, 2.75) is 44.6 Å². The van der Waals surface area contributed by atoms with Crippen LogP contribution in [0, 0.1) is 0 Å². The molecular weight excluding hydrogens is 264 g/mol. The summed E-state index contributed by atoms with van der Waals surface area (Å²) in [6.07, 6.45) is 2.72. The summed E-state index contributed by atoms with van der Waals surface area (Å²) in [7, 11) is 2.01. The van der Waals surface area contributed by atoms with Gasteiger partial charge in [0, 0.05) is 5.38 Å². The molecule has 1 aliphatic rings. The average Bonchev–Trinajstić information content (AvgIpc) is 3.19. The Kier molecular flexibility index (Phi) is 3.90. The molecule has 2 aromatic rings. The summed E-state index contributed by atoms with van der Waals surface area (Å²) in [5, 5.41) is 6.74. The zero-order valence-corrected chi connectivity index (χ0v) is 13.2. The SMILES string of the molecule is CNC(c1ccc(C2CC2)cc1)c1nc(C(C)C)cs1. The fraction of sp³-hybridized carbons (Fsp3) is 0.471. The Hall–Kier alpha value is -1.19. The van der Waals surface area contributed by atoms with E-state index in [0.717, 1.165) is 10.9 Å². The standard InChI is InChI=1S/C17H22N2S/c1-11(2)15-10-20-17(19-15)16(18-3)14-8-6-13(7-9-14)12-4-5-12/h6-12,16,18H,4-5H2,1-3H3. The molecule has 0 aliphatic heterocycles. The number of nitrogens with one attached hydrogen (secondary N) is 1. The molecular formula is C17H22N2S. The van der Waals surface area contributed by atoms with Crippen molar-refractivity contribution in [1.29, 1.82) is 0 Å². The van der Waals surface area contributed by atoms with Crippen LogP contribution >= 0.6 is 11.3 Å². The van der Waals surface area contributed by atoms with Crippen LogP contribution in [0.25, 0.3) is 0 Å². The largest absolute Gasteiger partial charge is 0.307 e. The van der Waals surface area contributed by atoms with Crippen LogP contribution in [0.3, 0.4) is 0 Å². The van der Waals surface area contributed by atoms with Crippen molar-refractivity contribution < 1.29 is 0 Å². The van der Waals surface area contributed by atoms with Gasteiger partial charge >= 0.3 is 0 Å². The summed E-state index contributed by atoms with van der Waals surface area (Å²) in [4.78, 5) is 4.78. The molecule has 0 spiro atoms. The zero-order chi connectivity index (χ0) is 14.1. The molecule has 1 unspecified atom stereocenters. The van der Waals surface area contributed by atoms with Crippen LogP contribution in [-0.2, 0) is 0 Å². The number of aromatic nitrogens is 1. The highest BCUT2D eigenvalue weighted by atomic mass is 32.1. The van der Waals surface area contributed by atoms with Gasteiger partial charge in [0.25, 0.3) is 0 Å². The molecule has 0 bridgehead atoms. The first kappa shape index (κ1) is 13.8. The summed E-state index contributed by atoms with van der Waals surface area (Å²) < 4.78 is 0. The lowest BCUT2D eigenvalue weighted by molar-refractivity contribution is 0.678. The summed E-state index contributed by atoms with van der Waals surface area (Å²) in [6.45, 7) is 4.38. The fourth-order valence-corrected chi connectivity index (χ4v) is 3.62. The Bertz CT molecular complexity index is 567. The Morgan fingerprint density at radius 3 is 2.40 bits per heavy atom. The van der Waals surface area contributed by atoms with E-state index in [4.69, 9.17) is 4.98 Å². The first-order valence-corrected chi connectivity index (χ1v) is 8.29. The van der Waals surface area contributed by atoms with Gasteiger partial charge in [-0.2, -0.15) is 0 Å². The van der Waals surface area contributed by atoms with Gasteiger partial charge in [0.1, 0.15) is 5.01 Å². The summed E-state index contributed by atoms with van der Waals surface area (Å²) in [6, 6.07) is 9.29. The van der Waals surface area contributed by atoms with Gasteiger partial charge in [-0.15, -0.1) is 11.3 Å². The van der Waals surface area contributed by atoms with Crippen molar-refractivity contribution >= 4 is 11.3 Å². The second-order valence-corrected chi connectivity index (χ2v) is 6.82. The quantitative estimate of drug-likeness (QED) is 0.878. The van der Waals surface area contributed by atoms with Crippen molar-refractivity contribution in [2.75, 3.05) is 7.05 Å². The van der Waals surface area contributed by atoms with E-state index in [1.165, 1.54) is 29.7 Å². The van der Waals surface area contributed by atoms with E-state index in [1.54, 1.807) is 11.3 Å². The van der Waals surface area contributed by atoms with E-state index in [1.807, 2.05) is 7.05 Å². The fourth-order valence-electron chi connectivity index (χ4n) is 2.51. The van der Waals surface area contributed by atoms with Crippen LogP contribution in [0.2, 0.25) is 0 Å². The smallest absolute Gasteiger partial charge is 0.114 e. The molecule has 1 fully saturated rings. The van der Waals surface area contributed by atoms with Crippen LogP contribution in [0.4, 0.5) is 0 Å². The van der Waals surface area contributed by atoms with Gasteiger partial charge in [-0.25, -0.2) is 4.98 Å². The number of hydrogen-bond donors (Lipinski definition) is 1. The zero-order valence-electron chi connectivity index (χ0n) is 12.4. The van der Waals surface area contributed by atoms with Gasteiger partial charge < -0.3 is 5.32 Å². The van der Waals surface area contributed by atoms with E-state index in [2.05, 4.69) is 48.8 Å². The molecule has 0 amide bonds. The van der Waals surface area contributed by atoms with Crippen LogP contribution in [0.1, 0.15) is 66.4 Å². The van der Waals surface area contributed by atoms with Gasteiger partial charge in [0.2, 0.25) is 0 Å². The van der Waals surface area contributed by atoms with E-state index in [-0.39, 0.29) is 6.04 Å². The summed E-state index contributed by atoms with van der Waals surface area (Å²) in [5.41, 5.74) is 3.99. The Balaban J connectivity index is 1.83. The van der Waals surface area contributed by atoms with Crippen LogP contribution in [0.5, 0.6) is 0 Å². The van der Waals surface area contributed by atoms with Crippen molar-refractivity contribution in [3.05, 3.63) is 51.5 Å². The number of nitrogens with zero attached hydrogens (tertiary/aromatic N) is 1. The summed E-state index contributed by atoms with van der Waals surface area (Å²) in [5.74, 6) is 1.32. The van der Waals surface area contributed by atoms with E-state index in [0.29, 0.717) is 5.92 Å². The monoisotopic (exact) mass is 286 g/mol.